The molecule has 19 heavy (non-hydrogen) atoms. The van der Waals surface area contributed by atoms with Gasteiger partial charge in [0.05, 0.1) is 6.61 Å². The van der Waals surface area contributed by atoms with Crippen molar-refractivity contribution in [3.05, 3.63) is 71.0 Å². The van der Waals surface area contributed by atoms with E-state index in [0.717, 1.165) is 11.1 Å². The van der Waals surface area contributed by atoms with Gasteiger partial charge < -0.3 is 10.5 Å². The van der Waals surface area contributed by atoms with Crippen LogP contribution in [0.25, 0.3) is 0 Å². The van der Waals surface area contributed by atoms with Gasteiger partial charge in [0.1, 0.15) is 11.9 Å². The molecule has 0 aromatic heterocycles. The Kier molecular flexibility index (Phi) is 4.66. The summed E-state index contributed by atoms with van der Waals surface area (Å²) >= 11 is 0. The Bertz CT molecular complexity index is 528. The van der Waals surface area contributed by atoms with Crippen LogP contribution in [0, 0.1) is 12.7 Å². The highest BCUT2D eigenvalue weighted by molar-refractivity contribution is 5.33. The Morgan fingerprint density at radius 3 is 2.47 bits per heavy atom. The molecule has 2 N–H and O–H groups in total. The molecule has 0 amide bonds. The van der Waals surface area contributed by atoms with Crippen molar-refractivity contribution in [2.24, 2.45) is 5.73 Å². The zero-order valence-corrected chi connectivity index (χ0v) is 11.0. The quantitative estimate of drug-likeness (QED) is 0.895. The van der Waals surface area contributed by atoms with Crippen LogP contribution in [0.3, 0.4) is 0 Å². The van der Waals surface area contributed by atoms with Gasteiger partial charge in [0.25, 0.3) is 0 Å². The highest BCUT2D eigenvalue weighted by atomic mass is 19.1. The fourth-order valence-corrected chi connectivity index (χ4v) is 2.03. The van der Waals surface area contributed by atoms with E-state index in [2.05, 4.69) is 0 Å². The van der Waals surface area contributed by atoms with E-state index < -0.39 is 0 Å². The zero-order chi connectivity index (χ0) is 13.7. The Balaban J connectivity index is 2.34. The van der Waals surface area contributed by atoms with Crippen LogP contribution < -0.4 is 5.73 Å². The molecule has 0 saturated carbocycles. The van der Waals surface area contributed by atoms with E-state index in [1.807, 2.05) is 36.4 Å². The summed E-state index contributed by atoms with van der Waals surface area (Å²) in [7, 11) is 0. The maximum absolute atomic E-state index is 13.4. The number of rotatable bonds is 5. The second kappa shape index (κ2) is 6.45. The molecule has 0 aliphatic carbocycles. The third-order valence-electron chi connectivity index (χ3n) is 2.99. The molecule has 100 valence electrons. The minimum absolute atomic E-state index is 0.200. The average molecular weight is 259 g/mol. The van der Waals surface area contributed by atoms with Gasteiger partial charge in [0.2, 0.25) is 0 Å². The molecule has 1 unspecified atom stereocenters. The van der Waals surface area contributed by atoms with Crippen LogP contribution in [0.15, 0.2) is 48.5 Å². The summed E-state index contributed by atoms with van der Waals surface area (Å²) in [6.07, 6.45) is -0.205. The predicted molar refractivity (Wildman–Crippen MR) is 74.4 cm³/mol. The molecule has 0 heterocycles. The Morgan fingerprint density at radius 2 is 1.84 bits per heavy atom. The second-order valence-corrected chi connectivity index (χ2v) is 4.46. The number of ether oxygens (including phenoxy) is 1. The third kappa shape index (κ3) is 3.40. The van der Waals surface area contributed by atoms with E-state index in [1.54, 1.807) is 13.0 Å². The van der Waals surface area contributed by atoms with E-state index in [1.165, 1.54) is 6.07 Å². The molecule has 0 radical (unpaired) electrons. The molecule has 2 nitrogen and oxygen atoms in total. The van der Waals surface area contributed by atoms with Gasteiger partial charge in [-0.3, -0.25) is 0 Å². The minimum atomic E-state index is -0.205. The van der Waals surface area contributed by atoms with E-state index in [4.69, 9.17) is 10.5 Å². The first kappa shape index (κ1) is 13.7. The van der Waals surface area contributed by atoms with Crippen molar-refractivity contribution in [3.8, 4) is 0 Å². The van der Waals surface area contributed by atoms with Crippen LogP contribution in [-0.2, 0) is 4.74 Å². The molecule has 2 rings (SSSR count). The number of benzene rings is 2. The summed E-state index contributed by atoms with van der Waals surface area (Å²) in [6, 6.07) is 14.9. The third-order valence-corrected chi connectivity index (χ3v) is 2.99. The van der Waals surface area contributed by atoms with Gasteiger partial charge in [0, 0.05) is 6.54 Å². The smallest absolute Gasteiger partial charge is 0.126 e. The molecule has 0 aliphatic rings. The lowest BCUT2D eigenvalue weighted by Gasteiger charge is -2.19. The maximum atomic E-state index is 13.4. The van der Waals surface area contributed by atoms with Crippen molar-refractivity contribution in [1.29, 1.82) is 0 Å². The second-order valence-electron chi connectivity index (χ2n) is 4.46. The molecule has 0 bridgehead atoms. The van der Waals surface area contributed by atoms with Crippen LogP contribution in [-0.4, -0.2) is 13.2 Å². The van der Waals surface area contributed by atoms with E-state index in [-0.39, 0.29) is 11.9 Å². The highest BCUT2D eigenvalue weighted by Gasteiger charge is 2.15. The minimum Gasteiger partial charge on any atom is -0.367 e. The number of hydrogen-bond acceptors (Lipinski definition) is 2. The molecule has 2 aromatic rings. The van der Waals surface area contributed by atoms with E-state index in [0.29, 0.717) is 18.7 Å². The van der Waals surface area contributed by atoms with Crippen LogP contribution in [0.5, 0.6) is 0 Å². The van der Waals surface area contributed by atoms with Crippen LogP contribution in [0.2, 0.25) is 0 Å². The lowest BCUT2D eigenvalue weighted by Crippen LogP contribution is -2.14. The first-order valence-corrected chi connectivity index (χ1v) is 6.35. The lowest BCUT2D eigenvalue weighted by atomic mass is 9.99. The summed E-state index contributed by atoms with van der Waals surface area (Å²) in [5.74, 6) is -0.200. The lowest BCUT2D eigenvalue weighted by molar-refractivity contribution is 0.0863. The fraction of sp³-hybridized carbons (Fsp3) is 0.250. The molecular formula is C16H18FNO. The van der Waals surface area contributed by atoms with Crippen LogP contribution in [0.4, 0.5) is 4.39 Å². The van der Waals surface area contributed by atoms with Crippen molar-refractivity contribution in [2.45, 2.75) is 13.0 Å². The van der Waals surface area contributed by atoms with Crippen molar-refractivity contribution in [1.82, 2.24) is 0 Å². The molecule has 2 aromatic carbocycles. The monoisotopic (exact) mass is 259 g/mol. The largest absolute Gasteiger partial charge is 0.367 e. The van der Waals surface area contributed by atoms with Gasteiger partial charge in [0.15, 0.2) is 0 Å². The first-order valence-electron chi connectivity index (χ1n) is 6.35. The summed E-state index contributed by atoms with van der Waals surface area (Å²) in [5, 5.41) is 0. The average Bonchev–Trinajstić information content (AvgIpc) is 2.44. The van der Waals surface area contributed by atoms with Crippen molar-refractivity contribution in [3.63, 3.8) is 0 Å². The number of halogens is 1. The Morgan fingerprint density at radius 1 is 1.11 bits per heavy atom. The SMILES string of the molecule is Cc1cc(C(OCCN)c2ccccc2)ccc1F. The van der Waals surface area contributed by atoms with E-state index in [9.17, 15) is 4.39 Å². The molecule has 0 spiro atoms. The van der Waals surface area contributed by atoms with Crippen molar-refractivity contribution >= 4 is 0 Å². The number of aryl methyl sites for hydroxylation is 1. The molecule has 1 atom stereocenters. The van der Waals surface area contributed by atoms with Crippen LogP contribution >= 0.6 is 0 Å². The molecule has 0 aliphatic heterocycles. The van der Waals surface area contributed by atoms with Gasteiger partial charge in [-0.05, 0) is 29.7 Å². The summed E-state index contributed by atoms with van der Waals surface area (Å²) in [5.41, 5.74) is 8.11. The number of hydrogen-bond donors (Lipinski definition) is 1. The van der Waals surface area contributed by atoms with Crippen molar-refractivity contribution < 1.29 is 9.13 Å². The summed E-state index contributed by atoms with van der Waals surface area (Å²) in [4.78, 5) is 0. The number of nitrogens with two attached hydrogens (primary N) is 1. The first-order chi connectivity index (χ1) is 9.22. The van der Waals surface area contributed by atoms with E-state index >= 15 is 0 Å². The topological polar surface area (TPSA) is 35.2 Å². The van der Waals surface area contributed by atoms with Gasteiger partial charge in [-0.2, -0.15) is 0 Å². The standard InChI is InChI=1S/C16H18FNO/c1-12-11-14(7-8-15(12)17)16(19-10-9-18)13-5-3-2-4-6-13/h2-8,11,16H,9-10,18H2,1H3. The summed E-state index contributed by atoms with van der Waals surface area (Å²) < 4.78 is 19.2. The predicted octanol–water partition coefficient (Wildman–Crippen LogP) is 3.20. The van der Waals surface area contributed by atoms with Gasteiger partial charge in [-0.1, -0.05) is 42.5 Å². The summed E-state index contributed by atoms with van der Waals surface area (Å²) in [6.45, 7) is 2.68. The highest BCUT2D eigenvalue weighted by Crippen LogP contribution is 2.27. The molecular weight excluding hydrogens is 241 g/mol. The Hall–Kier alpha value is -1.71. The molecule has 0 fully saturated rings. The fourth-order valence-electron chi connectivity index (χ4n) is 2.03. The van der Waals surface area contributed by atoms with Gasteiger partial charge in [-0.15, -0.1) is 0 Å². The molecule has 0 saturated heterocycles. The normalized spacial score (nSPS) is 12.4. The molecule has 3 heteroatoms. The van der Waals surface area contributed by atoms with Crippen molar-refractivity contribution in [2.75, 3.05) is 13.2 Å². The Labute approximate surface area is 113 Å². The maximum Gasteiger partial charge on any atom is 0.126 e. The van der Waals surface area contributed by atoms with Gasteiger partial charge in [-0.25, -0.2) is 4.39 Å². The van der Waals surface area contributed by atoms with Gasteiger partial charge >= 0.3 is 0 Å². The zero-order valence-electron chi connectivity index (χ0n) is 11.0. The van der Waals surface area contributed by atoms with Crippen LogP contribution in [0.1, 0.15) is 22.8 Å².